The molecule has 13 heavy (non-hydrogen) atoms. The van der Waals surface area contributed by atoms with Crippen LogP contribution < -0.4 is 0 Å². The fourth-order valence-electron chi connectivity index (χ4n) is 1.48. The number of rotatable bonds is 4. The van der Waals surface area contributed by atoms with Gasteiger partial charge in [-0.15, -0.1) is 0 Å². The van der Waals surface area contributed by atoms with Gasteiger partial charge in [0, 0.05) is 6.61 Å². The van der Waals surface area contributed by atoms with Gasteiger partial charge in [-0.1, -0.05) is 24.3 Å². The Labute approximate surface area is 77.7 Å². The highest BCUT2D eigenvalue weighted by Gasteiger charge is 2.30. The lowest BCUT2D eigenvalue weighted by molar-refractivity contribution is -0.142. The fourth-order valence-corrected chi connectivity index (χ4v) is 1.48. The van der Waals surface area contributed by atoms with Gasteiger partial charge in [0.25, 0.3) is 0 Å². The van der Waals surface area contributed by atoms with E-state index in [0.29, 0.717) is 13.0 Å². The van der Waals surface area contributed by atoms with Gasteiger partial charge in [0.15, 0.2) is 0 Å². The first-order chi connectivity index (χ1) is 6.18. The third kappa shape index (κ3) is 2.70. The van der Waals surface area contributed by atoms with Crippen LogP contribution in [0.1, 0.15) is 19.8 Å². The molecule has 0 aromatic heterocycles. The number of ether oxygens (including phenoxy) is 1. The Morgan fingerprint density at radius 1 is 1.62 bits per heavy atom. The SMILES string of the molecule is CCO[C@]1(CC(=O)O)C=CC=CC1. The lowest BCUT2D eigenvalue weighted by Gasteiger charge is -2.29. The molecule has 0 aliphatic heterocycles. The second kappa shape index (κ2) is 4.23. The normalized spacial score (nSPS) is 26.2. The Bertz CT molecular complexity index is 243. The summed E-state index contributed by atoms with van der Waals surface area (Å²) in [5.41, 5.74) is -0.616. The average molecular weight is 182 g/mol. The molecule has 1 N–H and O–H groups in total. The molecule has 1 atom stereocenters. The molecular formula is C10H14O3. The van der Waals surface area contributed by atoms with Crippen molar-refractivity contribution in [2.75, 3.05) is 6.61 Å². The van der Waals surface area contributed by atoms with Crippen LogP contribution in [0.15, 0.2) is 24.3 Å². The minimum absolute atomic E-state index is 0.0294. The maximum Gasteiger partial charge on any atom is 0.306 e. The summed E-state index contributed by atoms with van der Waals surface area (Å²) in [6.45, 7) is 2.40. The van der Waals surface area contributed by atoms with Crippen molar-refractivity contribution in [1.29, 1.82) is 0 Å². The van der Waals surface area contributed by atoms with Crippen molar-refractivity contribution in [1.82, 2.24) is 0 Å². The van der Waals surface area contributed by atoms with E-state index in [-0.39, 0.29) is 6.42 Å². The minimum Gasteiger partial charge on any atom is -0.481 e. The molecule has 72 valence electrons. The smallest absolute Gasteiger partial charge is 0.306 e. The average Bonchev–Trinajstić information content (AvgIpc) is 2.04. The zero-order valence-corrected chi connectivity index (χ0v) is 7.69. The van der Waals surface area contributed by atoms with Crippen molar-refractivity contribution in [2.24, 2.45) is 0 Å². The number of carboxylic acids is 1. The maximum atomic E-state index is 10.6. The molecule has 0 saturated heterocycles. The van der Waals surface area contributed by atoms with E-state index in [1.54, 1.807) is 0 Å². The highest BCUT2D eigenvalue weighted by Crippen LogP contribution is 2.26. The lowest BCUT2D eigenvalue weighted by atomic mass is 9.91. The number of hydrogen-bond donors (Lipinski definition) is 1. The quantitative estimate of drug-likeness (QED) is 0.720. The van der Waals surface area contributed by atoms with Gasteiger partial charge in [-0.25, -0.2) is 0 Å². The summed E-state index contributed by atoms with van der Waals surface area (Å²) in [4.78, 5) is 10.6. The summed E-state index contributed by atoms with van der Waals surface area (Å²) in [6.07, 6.45) is 8.16. The molecule has 1 rings (SSSR count). The van der Waals surface area contributed by atoms with Gasteiger partial charge in [0.2, 0.25) is 0 Å². The molecule has 3 heteroatoms. The van der Waals surface area contributed by atoms with E-state index in [1.807, 2.05) is 31.2 Å². The molecule has 1 aliphatic carbocycles. The Kier molecular flexibility index (Phi) is 3.25. The molecule has 0 spiro atoms. The highest BCUT2D eigenvalue weighted by molar-refractivity contribution is 5.69. The molecule has 0 bridgehead atoms. The summed E-state index contributed by atoms with van der Waals surface area (Å²) in [5, 5.41) is 8.72. The molecule has 0 amide bonds. The van der Waals surface area contributed by atoms with E-state index in [0.717, 1.165) is 0 Å². The van der Waals surface area contributed by atoms with Crippen molar-refractivity contribution < 1.29 is 14.6 Å². The van der Waals surface area contributed by atoms with Gasteiger partial charge in [0.05, 0.1) is 6.42 Å². The number of hydrogen-bond acceptors (Lipinski definition) is 2. The monoisotopic (exact) mass is 182 g/mol. The number of carbonyl (C=O) groups is 1. The fraction of sp³-hybridized carbons (Fsp3) is 0.500. The van der Waals surface area contributed by atoms with Gasteiger partial charge >= 0.3 is 5.97 Å². The molecular weight excluding hydrogens is 168 g/mol. The van der Waals surface area contributed by atoms with Gasteiger partial charge in [0.1, 0.15) is 5.60 Å². The highest BCUT2D eigenvalue weighted by atomic mass is 16.5. The summed E-state index contributed by atoms with van der Waals surface area (Å²) >= 11 is 0. The maximum absolute atomic E-state index is 10.6. The van der Waals surface area contributed by atoms with Gasteiger partial charge in [-0.3, -0.25) is 4.79 Å². The van der Waals surface area contributed by atoms with Crippen LogP contribution in [0.4, 0.5) is 0 Å². The largest absolute Gasteiger partial charge is 0.481 e. The Morgan fingerprint density at radius 3 is 2.85 bits per heavy atom. The van der Waals surface area contributed by atoms with Crippen molar-refractivity contribution in [3.8, 4) is 0 Å². The Hall–Kier alpha value is -1.09. The number of aliphatic carboxylic acids is 1. The van der Waals surface area contributed by atoms with E-state index < -0.39 is 11.6 Å². The van der Waals surface area contributed by atoms with Gasteiger partial charge in [-0.05, 0) is 13.3 Å². The lowest BCUT2D eigenvalue weighted by Crippen LogP contribution is -2.33. The third-order valence-electron chi connectivity index (χ3n) is 1.99. The van der Waals surface area contributed by atoms with E-state index in [1.165, 1.54) is 0 Å². The van der Waals surface area contributed by atoms with E-state index in [4.69, 9.17) is 9.84 Å². The summed E-state index contributed by atoms with van der Waals surface area (Å²) in [5.74, 6) is -0.826. The van der Waals surface area contributed by atoms with Crippen LogP contribution >= 0.6 is 0 Å². The van der Waals surface area contributed by atoms with E-state index >= 15 is 0 Å². The van der Waals surface area contributed by atoms with Crippen LogP contribution in [-0.4, -0.2) is 23.3 Å². The minimum atomic E-state index is -0.826. The summed E-state index contributed by atoms with van der Waals surface area (Å²) in [7, 11) is 0. The van der Waals surface area contributed by atoms with Crippen LogP contribution in [0, 0.1) is 0 Å². The van der Waals surface area contributed by atoms with Gasteiger partial charge in [-0.2, -0.15) is 0 Å². The standard InChI is InChI=1S/C10H14O3/c1-2-13-10(8-9(11)12)6-4-3-5-7-10/h3-6H,2,7-8H2,1H3,(H,11,12)/t10-/m1/s1. The zero-order chi connectivity index (χ0) is 9.73. The molecule has 0 heterocycles. The first-order valence-corrected chi connectivity index (χ1v) is 4.39. The number of carboxylic acid groups (broad SMARTS) is 1. The van der Waals surface area contributed by atoms with E-state index in [9.17, 15) is 4.79 Å². The molecule has 0 unspecified atom stereocenters. The van der Waals surface area contributed by atoms with Crippen LogP contribution in [-0.2, 0) is 9.53 Å². The molecule has 0 saturated carbocycles. The summed E-state index contributed by atoms with van der Waals surface area (Å²) in [6, 6.07) is 0. The van der Waals surface area contributed by atoms with Crippen molar-refractivity contribution in [3.63, 3.8) is 0 Å². The first kappa shape index (κ1) is 9.99. The molecule has 0 aromatic rings. The van der Waals surface area contributed by atoms with Crippen LogP contribution in [0.2, 0.25) is 0 Å². The van der Waals surface area contributed by atoms with Gasteiger partial charge < -0.3 is 9.84 Å². The first-order valence-electron chi connectivity index (χ1n) is 4.39. The Morgan fingerprint density at radius 2 is 2.38 bits per heavy atom. The Balaban J connectivity index is 2.69. The third-order valence-corrected chi connectivity index (χ3v) is 1.99. The second-order valence-electron chi connectivity index (χ2n) is 3.06. The van der Waals surface area contributed by atoms with Crippen LogP contribution in [0.25, 0.3) is 0 Å². The van der Waals surface area contributed by atoms with Crippen molar-refractivity contribution >= 4 is 5.97 Å². The predicted molar refractivity (Wildman–Crippen MR) is 49.5 cm³/mol. The topological polar surface area (TPSA) is 46.5 Å². The molecule has 0 aromatic carbocycles. The van der Waals surface area contributed by atoms with E-state index in [2.05, 4.69) is 0 Å². The molecule has 0 radical (unpaired) electrons. The zero-order valence-electron chi connectivity index (χ0n) is 7.69. The molecule has 1 aliphatic rings. The summed E-state index contributed by atoms with van der Waals surface area (Å²) < 4.78 is 5.46. The predicted octanol–water partition coefficient (Wildman–Crippen LogP) is 1.75. The van der Waals surface area contributed by atoms with Crippen LogP contribution in [0.5, 0.6) is 0 Å². The van der Waals surface area contributed by atoms with Crippen molar-refractivity contribution in [3.05, 3.63) is 24.3 Å². The molecule has 3 nitrogen and oxygen atoms in total. The number of allylic oxidation sites excluding steroid dienone is 2. The van der Waals surface area contributed by atoms with Crippen molar-refractivity contribution in [2.45, 2.75) is 25.4 Å². The molecule has 0 fully saturated rings. The second-order valence-corrected chi connectivity index (χ2v) is 3.06. The van der Waals surface area contributed by atoms with Crippen LogP contribution in [0.3, 0.4) is 0 Å².